The second-order valence-corrected chi connectivity index (χ2v) is 19.5. The van der Waals surface area contributed by atoms with Crippen molar-refractivity contribution in [2.24, 2.45) is 0 Å². The molecule has 8 rings (SSSR count). The molecular formula is C48H53N11O4S2. The summed E-state index contributed by atoms with van der Waals surface area (Å²) in [6, 6.07) is 9.15. The molecule has 6 N–H and O–H groups in total. The van der Waals surface area contributed by atoms with E-state index < -0.39 is 11.2 Å². The molecule has 2 aliphatic heterocycles. The van der Waals surface area contributed by atoms with Crippen molar-refractivity contribution < 1.29 is 19.7 Å². The fourth-order valence-corrected chi connectivity index (χ4v) is 9.38. The minimum absolute atomic E-state index is 0.115. The Hall–Kier alpha value is -6.05. The van der Waals surface area contributed by atoms with Crippen LogP contribution >= 0.6 is 22.7 Å². The Morgan fingerprint density at radius 2 is 1.42 bits per heavy atom. The van der Waals surface area contributed by atoms with Gasteiger partial charge in [-0.05, 0) is 117 Å². The molecule has 0 atom stereocenters. The lowest BCUT2D eigenvalue weighted by molar-refractivity contribution is 0.143. The van der Waals surface area contributed by atoms with Crippen molar-refractivity contribution in [3.63, 3.8) is 0 Å². The highest BCUT2D eigenvalue weighted by Gasteiger charge is 2.23. The van der Waals surface area contributed by atoms with E-state index in [0.717, 1.165) is 82.8 Å². The van der Waals surface area contributed by atoms with E-state index in [1.165, 1.54) is 0 Å². The third kappa shape index (κ3) is 12.6. The zero-order valence-corrected chi connectivity index (χ0v) is 38.8. The number of nitrogens with one attached hydrogen (secondary N) is 2. The van der Waals surface area contributed by atoms with Crippen molar-refractivity contribution in [2.45, 2.75) is 89.6 Å². The number of nitrogen functional groups attached to an aromatic ring is 1. The smallest absolute Gasteiger partial charge is 0.174 e. The Balaban J connectivity index is 1.07. The molecule has 0 aromatic carbocycles. The van der Waals surface area contributed by atoms with Gasteiger partial charge in [0.1, 0.15) is 53.2 Å². The third-order valence-corrected chi connectivity index (χ3v) is 13.2. The molecule has 2 fully saturated rings. The van der Waals surface area contributed by atoms with Crippen molar-refractivity contribution in [3.8, 4) is 56.1 Å². The Morgan fingerprint density at radius 1 is 0.769 bits per heavy atom. The number of rotatable bonds is 12. The maximum atomic E-state index is 10.5. The van der Waals surface area contributed by atoms with E-state index in [-0.39, 0.29) is 13.2 Å². The Bertz CT molecular complexity index is 2740. The van der Waals surface area contributed by atoms with Crippen LogP contribution in [0.2, 0.25) is 0 Å². The summed E-state index contributed by atoms with van der Waals surface area (Å²) < 4.78 is 12.9. The topological polar surface area (TPSA) is 202 Å². The number of hydrogen-bond acceptors (Lipinski definition) is 17. The van der Waals surface area contributed by atoms with Crippen molar-refractivity contribution in [1.29, 1.82) is 0 Å². The van der Waals surface area contributed by atoms with Crippen LogP contribution in [-0.4, -0.2) is 94.7 Å². The van der Waals surface area contributed by atoms with E-state index in [9.17, 15) is 10.2 Å². The summed E-state index contributed by atoms with van der Waals surface area (Å²) in [6.45, 7) is 10.8. The first-order valence-corrected chi connectivity index (χ1v) is 23.3. The molecular weight excluding hydrogens is 859 g/mol. The molecule has 0 spiro atoms. The lowest BCUT2D eigenvalue weighted by atomic mass is 9.98. The number of aromatic nitrogens is 7. The number of pyridine rings is 3. The summed E-state index contributed by atoms with van der Waals surface area (Å²) in [7, 11) is 2.16. The summed E-state index contributed by atoms with van der Waals surface area (Å²) in [6.07, 6.45) is 13.3. The number of thiazole rings is 2. The van der Waals surface area contributed by atoms with Gasteiger partial charge in [0.2, 0.25) is 0 Å². The molecule has 65 heavy (non-hydrogen) atoms. The summed E-state index contributed by atoms with van der Waals surface area (Å²) >= 11 is 3.37. The number of hydrogen-bond donors (Lipinski definition) is 5. The van der Waals surface area contributed by atoms with Crippen LogP contribution in [0.3, 0.4) is 0 Å². The molecule has 8 heterocycles. The van der Waals surface area contributed by atoms with Crippen molar-refractivity contribution in [3.05, 3.63) is 93.8 Å². The van der Waals surface area contributed by atoms with Gasteiger partial charge in [-0.1, -0.05) is 11.8 Å². The molecule has 17 heteroatoms. The van der Waals surface area contributed by atoms with E-state index in [1.54, 1.807) is 87.2 Å². The van der Waals surface area contributed by atoms with Gasteiger partial charge in [0.25, 0.3) is 0 Å². The Kier molecular flexibility index (Phi) is 14.0. The molecule has 0 saturated carbocycles. The lowest BCUT2D eigenvalue weighted by Gasteiger charge is -2.27. The molecule has 0 radical (unpaired) electrons. The Morgan fingerprint density at radius 3 is 2.11 bits per heavy atom. The first-order chi connectivity index (χ1) is 31.2. The second-order valence-electron chi connectivity index (χ2n) is 17.4. The monoisotopic (exact) mass is 911 g/mol. The van der Waals surface area contributed by atoms with Gasteiger partial charge in [0.15, 0.2) is 11.6 Å². The lowest BCUT2D eigenvalue weighted by Crippen LogP contribution is -2.29. The summed E-state index contributed by atoms with van der Waals surface area (Å²) in [5, 5.41) is 37.9. The predicted octanol–water partition coefficient (Wildman–Crippen LogP) is 6.91. The van der Waals surface area contributed by atoms with Crippen LogP contribution in [0.4, 0.5) is 17.5 Å². The average molecular weight is 912 g/mol. The van der Waals surface area contributed by atoms with Crippen LogP contribution in [0.5, 0.6) is 11.5 Å². The highest BCUT2D eigenvalue weighted by atomic mass is 32.1. The molecule has 2 aliphatic rings. The van der Waals surface area contributed by atoms with E-state index in [4.69, 9.17) is 35.1 Å². The molecule has 336 valence electrons. The maximum Gasteiger partial charge on any atom is 0.174 e. The average Bonchev–Trinajstić information content (AvgIpc) is 3.99. The summed E-state index contributed by atoms with van der Waals surface area (Å²) in [4.78, 5) is 28.1. The number of nitrogens with zero attached hydrogens (tertiary/aromatic N) is 8. The highest BCUT2D eigenvalue weighted by Crippen LogP contribution is 2.38. The van der Waals surface area contributed by atoms with Gasteiger partial charge >= 0.3 is 0 Å². The van der Waals surface area contributed by atoms with Crippen LogP contribution in [-0.2, 0) is 13.2 Å². The number of piperidine rings is 2. The van der Waals surface area contributed by atoms with Gasteiger partial charge < -0.3 is 41.0 Å². The van der Waals surface area contributed by atoms with Gasteiger partial charge in [0.05, 0.1) is 26.0 Å². The van der Waals surface area contributed by atoms with Gasteiger partial charge in [-0.15, -0.1) is 27.8 Å². The zero-order valence-electron chi connectivity index (χ0n) is 37.2. The quantitative estimate of drug-likeness (QED) is 0.0792. The Labute approximate surface area is 387 Å². The molecule has 6 aromatic rings. The van der Waals surface area contributed by atoms with Crippen molar-refractivity contribution in [1.82, 2.24) is 45.3 Å². The zero-order chi connectivity index (χ0) is 45.6. The first kappa shape index (κ1) is 45.5. The standard InChI is InChI=1S/C48H53N11O4S2/c1-47(2,60)12-6-36-21-38(62-29-35-19-33(24-51-43(35)49)40-26-53-45(64-40)31-8-14-50-15-9-31)22-42(56-36)57-44-39(63-28-30-18-37(58-55-23-30)7-13-48(3,4)61)20-34(25-52-44)41-27-54-46(65-41)32-10-16-59(5)17-11-32/h18-27,31-32,50,60-61H,8-11,14-17,28-29H2,1-5H3,(H2,49,51)(H,52,56,57). The largest absolute Gasteiger partial charge is 0.489 e. The SMILES string of the molecule is CN1CCC(c2ncc(-c3cnc(Nc4cc(OCc5cc(-c6cnc(C7CCNCC7)s6)cnc5N)cc(C#CC(C)(C)O)n4)c(OCc4cnnc(C#CC(C)(C)O)c4)c3)s2)CC1. The van der Waals surface area contributed by atoms with Crippen LogP contribution in [0.1, 0.15) is 97.7 Å². The van der Waals surface area contributed by atoms with Crippen molar-refractivity contribution in [2.75, 3.05) is 44.3 Å². The van der Waals surface area contributed by atoms with Crippen LogP contribution in [0.25, 0.3) is 20.9 Å². The van der Waals surface area contributed by atoms with Gasteiger partial charge in [-0.25, -0.2) is 24.9 Å². The molecule has 2 saturated heterocycles. The third-order valence-electron chi connectivity index (χ3n) is 10.8. The summed E-state index contributed by atoms with van der Waals surface area (Å²) in [5.74, 6) is 14.4. The minimum atomic E-state index is -1.26. The van der Waals surface area contributed by atoms with Crippen molar-refractivity contribution >= 4 is 40.1 Å². The fourth-order valence-electron chi connectivity index (χ4n) is 7.24. The number of likely N-dealkylation sites (tertiary alicyclic amines) is 1. The van der Waals surface area contributed by atoms with E-state index in [0.29, 0.717) is 63.3 Å². The number of ether oxygens (including phenoxy) is 2. The molecule has 0 aliphatic carbocycles. The molecule has 0 amide bonds. The molecule has 0 unspecified atom stereocenters. The van der Waals surface area contributed by atoms with Crippen LogP contribution in [0.15, 0.2) is 61.3 Å². The van der Waals surface area contributed by atoms with E-state index in [2.05, 4.69) is 61.4 Å². The highest BCUT2D eigenvalue weighted by molar-refractivity contribution is 7.15. The number of anilines is 3. The maximum absolute atomic E-state index is 10.5. The number of nitrogens with two attached hydrogens (primary N) is 1. The van der Waals surface area contributed by atoms with Gasteiger partial charge in [-0.2, -0.15) is 5.10 Å². The second kappa shape index (κ2) is 20.0. The van der Waals surface area contributed by atoms with E-state index in [1.807, 2.05) is 24.5 Å². The van der Waals surface area contributed by atoms with Crippen LogP contribution < -0.4 is 25.8 Å². The first-order valence-electron chi connectivity index (χ1n) is 21.6. The minimum Gasteiger partial charge on any atom is -0.489 e. The molecule has 0 bridgehead atoms. The van der Waals surface area contributed by atoms with E-state index >= 15 is 0 Å². The summed E-state index contributed by atoms with van der Waals surface area (Å²) in [5.41, 5.74) is 7.91. The number of aliphatic hydroxyl groups is 2. The van der Waals surface area contributed by atoms with Crippen LogP contribution in [0, 0.1) is 23.7 Å². The normalized spacial score (nSPS) is 15.1. The molecule has 6 aromatic heterocycles. The van der Waals surface area contributed by atoms with Gasteiger partial charge in [-0.3, -0.25) is 0 Å². The van der Waals surface area contributed by atoms with Gasteiger partial charge in [0, 0.05) is 71.0 Å². The fraction of sp³-hybridized carbons (Fsp3) is 0.396. The molecule has 15 nitrogen and oxygen atoms in total. The predicted molar refractivity (Wildman–Crippen MR) is 254 cm³/mol.